The van der Waals surface area contributed by atoms with Crippen molar-refractivity contribution >= 4 is 12.1 Å². The summed E-state index contributed by atoms with van der Waals surface area (Å²) in [6.45, 7) is 2.78. The lowest BCUT2D eigenvalue weighted by Gasteiger charge is -2.33. The molecule has 6 nitrogen and oxygen atoms in total. The van der Waals surface area contributed by atoms with Crippen LogP contribution in [0.3, 0.4) is 0 Å². The van der Waals surface area contributed by atoms with Crippen LogP contribution in [0.15, 0.2) is 30.3 Å². The third-order valence-corrected chi connectivity index (χ3v) is 3.76. The maximum Gasteiger partial charge on any atom is 0.409 e. The predicted octanol–water partition coefficient (Wildman–Crippen LogP) is 1.71. The Balaban J connectivity index is 1.63. The van der Waals surface area contributed by atoms with Crippen LogP contribution in [0, 0.1) is 0 Å². The van der Waals surface area contributed by atoms with Crippen LogP contribution in [0.5, 0.6) is 0 Å². The minimum Gasteiger partial charge on any atom is -0.453 e. The van der Waals surface area contributed by atoms with Gasteiger partial charge in [-0.1, -0.05) is 30.3 Å². The normalized spacial score (nSPS) is 14.6. The second-order valence-corrected chi connectivity index (χ2v) is 5.27. The van der Waals surface area contributed by atoms with Gasteiger partial charge < -0.3 is 19.9 Å². The number of urea groups is 1. The van der Waals surface area contributed by atoms with Crippen molar-refractivity contribution in [2.24, 2.45) is 0 Å². The van der Waals surface area contributed by atoms with Crippen molar-refractivity contribution in [2.75, 3.05) is 39.8 Å². The Bertz CT molecular complexity index is 485. The molecule has 3 amide bonds. The van der Waals surface area contributed by atoms with Gasteiger partial charge in [0.25, 0.3) is 0 Å². The van der Waals surface area contributed by atoms with Gasteiger partial charge in [0.05, 0.1) is 7.11 Å². The molecule has 0 unspecified atom stereocenters. The summed E-state index contributed by atoms with van der Waals surface area (Å²) in [5.74, 6) is 0. The van der Waals surface area contributed by atoms with Crippen LogP contribution in [-0.4, -0.2) is 61.8 Å². The number of nitrogens with zero attached hydrogens (tertiary/aromatic N) is 2. The van der Waals surface area contributed by atoms with E-state index in [1.165, 1.54) is 12.7 Å². The molecule has 0 radical (unpaired) electrons. The van der Waals surface area contributed by atoms with Crippen LogP contribution in [0.4, 0.5) is 9.59 Å². The lowest BCUT2D eigenvalue weighted by molar-refractivity contribution is 0.0971. The quantitative estimate of drug-likeness (QED) is 0.862. The van der Waals surface area contributed by atoms with Crippen molar-refractivity contribution in [2.45, 2.75) is 12.8 Å². The molecular weight excluding hydrogens is 282 g/mol. The highest BCUT2D eigenvalue weighted by Crippen LogP contribution is 2.04. The van der Waals surface area contributed by atoms with Gasteiger partial charge in [0.15, 0.2) is 0 Å². The van der Waals surface area contributed by atoms with Gasteiger partial charge in [-0.2, -0.15) is 0 Å². The molecule has 1 aliphatic rings. The first-order valence-electron chi connectivity index (χ1n) is 7.60. The van der Waals surface area contributed by atoms with Gasteiger partial charge in [0.2, 0.25) is 0 Å². The van der Waals surface area contributed by atoms with Gasteiger partial charge in [-0.25, -0.2) is 9.59 Å². The van der Waals surface area contributed by atoms with E-state index in [1.807, 2.05) is 18.2 Å². The molecule has 1 fully saturated rings. The first kappa shape index (κ1) is 16.1. The van der Waals surface area contributed by atoms with E-state index in [4.69, 9.17) is 0 Å². The number of hydrogen-bond acceptors (Lipinski definition) is 3. The van der Waals surface area contributed by atoms with Crippen molar-refractivity contribution in [3.05, 3.63) is 35.9 Å². The van der Waals surface area contributed by atoms with Crippen molar-refractivity contribution in [1.29, 1.82) is 0 Å². The number of carbonyl (C=O) groups is 2. The molecule has 1 heterocycles. The fourth-order valence-corrected chi connectivity index (χ4v) is 2.47. The smallest absolute Gasteiger partial charge is 0.409 e. The molecule has 1 saturated heterocycles. The number of rotatable bonds is 4. The maximum absolute atomic E-state index is 12.0. The molecule has 0 aliphatic carbocycles. The Morgan fingerprint density at radius 1 is 1.09 bits per heavy atom. The van der Waals surface area contributed by atoms with E-state index >= 15 is 0 Å². The molecule has 0 saturated carbocycles. The van der Waals surface area contributed by atoms with Crippen molar-refractivity contribution in [3.8, 4) is 0 Å². The molecule has 22 heavy (non-hydrogen) atoms. The fraction of sp³-hybridized carbons (Fsp3) is 0.500. The first-order valence-corrected chi connectivity index (χ1v) is 7.60. The highest BCUT2D eigenvalue weighted by Gasteiger charge is 2.24. The van der Waals surface area contributed by atoms with Gasteiger partial charge in [0.1, 0.15) is 0 Å². The van der Waals surface area contributed by atoms with Crippen molar-refractivity contribution < 1.29 is 14.3 Å². The van der Waals surface area contributed by atoms with E-state index in [2.05, 4.69) is 22.2 Å². The summed E-state index contributed by atoms with van der Waals surface area (Å²) in [6, 6.07) is 10.2. The van der Waals surface area contributed by atoms with E-state index in [9.17, 15) is 9.59 Å². The predicted molar refractivity (Wildman–Crippen MR) is 83.7 cm³/mol. The molecule has 0 atom stereocenters. The molecule has 1 aliphatic heterocycles. The Hall–Kier alpha value is -2.24. The Kier molecular flexibility index (Phi) is 6.06. The van der Waals surface area contributed by atoms with Gasteiger partial charge in [-0.3, -0.25) is 0 Å². The second-order valence-electron chi connectivity index (χ2n) is 5.27. The Morgan fingerprint density at radius 3 is 2.36 bits per heavy atom. The zero-order valence-electron chi connectivity index (χ0n) is 13.0. The number of nitrogens with one attached hydrogen (secondary N) is 1. The van der Waals surface area contributed by atoms with Gasteiger partial charge in [-0.15, -0.1) is 0 Å². The summed E-state index contributed by atoms with van der Waals surface area (Å²) in [4.78, 5) is 26.8. The minimum atomic E-state index is -0.331. The molecule has 1 aromatic rings. The summed E-state index contributed by atoms with van der Waals surface area (Å²) in [5, 5.41) is 2.93. The van der Waals surface area contributed by atoms with Crippen molar-refractivity contribution in [3.63, 3.8) is 0 Å². The van der Waals surface area contributed by atoms with E-state index in [0.717, 1.165) is 12.8 Å². The van der Waals surface area contributed by atoms with Crippen LogP contribution < -0.4 is 5.32 Å². The molecule has 2 rings (SSSR count). The number of aryl methyl sites for hydroxylation is 1. The number of amides is 3. The number of carbonyl (C=O) groups excluding carboxylic acids is 2. The summed E-state index contributed by atoms with van der Waals surface area (Å²) >= 11 is 0. The third kappa shape index (κ3) is 4.65. The summed E-state index contributed by atoms with van der Waals surface area (Å²) in [7, 11) is 1.37. The van der Waals surface area contributed by atoms with Gasteiger partial charge in [0, 0.05) is 32.7 Å². The van der Waals surface area contributed by atoms with E-state index in [-0.39, 0.29) is 12.1 Å². The summed E-state index contributed by atoms with van der Waals surface area (Å²) in [5.41, 5.74) is 1.28. The molecule has 0 spiro atoms. The number of hydrogen-bond donors (Lipinski definition) is 1. The average molecular weight is 305 g/mol. The standard InChI is InChI=1S/C16H23N3O3/c1-22-16(21)19-12-10-18(11-13-19)15(20)17-9-5-8-14-6-3-2-4-7-14/h2-4,6-7H,5,8-13H2,1H3,(H,17,20). The third-order valence-electron chi connectivity index (χ3n) is 3.76. The Morgan fingerprint density at radius 2 is 1.73 bits per heavy atom. The number of methoxy groups -OCH3 is 1. The zero-order chi connectivity index (χ0) is 15.8. The first-order chi connectivity index (χ1) is 10.7. The molecule has 1 aromatic carbocycles. The molecule has 120 valence electrons. The summed E-state index contributed by atoms with van der Waals surface area (Å²) in [6.07, 6.45) is 1.54. The zero-order valence-corrected chi connectivity index (χ0v) is 13.0. The highest BCUT2D eigenvalue weighted by atomic mass is 16.5. The molecule has 0 aromatic heterocycles. The van der Waals surface area contributed by atoms with Gasteiger partial charge in [-0.05, 0) is 18.4 Å². The fourth-order valence-electron chi connectivity index (χ4n) is 2.47. The molecule has 6 heteroatoms. The van der Waals surface area contributed by atoms with Crippen LogP contribution in [0.2, 0.25) is 0 Å². The summed E-state index contributed by atoms with van der Waals surface area (Å²) < 4.78 is 4.67. The lowest BCUT2D eigenvalue weighted by atomic mass is 10.1. The molecule has 0 bridgehead atoms. The van der Waals surface area contributed by atoms with Crippen LogP contribution in [-0.2, 0) is 11.2 Å². The van der Waals surface area contributed by atoms with Crippen LogP contribution in [0.1, 0.15) is 12.0 Å². The number of ether oxygens (including phenoxy) is 1. The largest absolute Gasteiger partial charge is 0.453 e. The Labute approximate surface area is 131 Å². The molecule has 1 N–H and O–H groups in total. The van der Waals surface area contributed by atoms with Gasteiger partial charge >= 0.3 is 12.1 Å². The van der Waals surface area contributed by atoms with E-state index < -0.39 is 0 Å². The van der Waals surface area contributed by atoms with Crippen LogP contribution in [0.25, 0.3) is 0 Å². The number of benzene rings is 1. The lowest BCUT2D eigenvalue weighted by Crippen LogP contribution is -2.53. The monoisotopic (exact) mass is 305 g/mol. The molecular formula is C16H23N3O3. The topological polar surface area (TPSA) is 61.9 Å². The number of piperazine rings is 1. The van der Waals surface area contributed by atoms with E-state index in [1.54, 1.807) is 9.80 Å². The average Bonchev–Trinajstić information content (AvgIpc) is 2.59. The maximum atomic E-state index is 12.0. The van der Waals surface area contributed by atoms with Crippen LogP contribution >= 0.6 is 0 Å². The second kappa shape index (κ2) is 8.26. The SMILES string of the molecule is COC(=O)N1CCN(C(=O)NCCCc2ccccc2)CC1. The van der Waals surface area contributed by atoms with E-state index in [0.29, 0.717) is 32.7 Å². The minimum absolute atomic E-state index is 0.0578. The van der Waals surface area contributed by atoms with Crippen molar-refractivity contribution in [1.82, 2.24) is 15.1 Å². The highest BCUT2D eigenvalue weighted by molar-refractivity contribution is 5.75.